The van der Waals surface area contributed by atoms with E-state index in [4.69, 9.17) is 0 Å². The van der Waals surface area contributed by atoms with Gasteiger partial charge in [0.1, 0.15) is 0 Å². The number of carbonyl (C=O) groups excluding carboxylic acids is 2. The van der Waals surface area contributed by atoms with Gasteiger partial charge in [-0.3, -0.25) is 14.6 Å². The molecule has 0 amide bonds. The van der Waals surface area contributed by atoms with E-state index in [1.165, 1.54) is 6.08 Å². The summed E-state index contributed by atoms with van der Waals surface area (Å²) in [6.45, 7) is 0. The minimum Gasteiger partial charge on any atom is -0.294 e. The molecule has 0 bridgehead atoms. The van der Waals surface area contributed by atoms with Gasteiger partial charge in [0.25, 0.3) is 0 Å². The Morgan fingerprint density at radius 2 is 1.84 bits per heavy atom. The Balaban J connectivity index is 2.18. The maximum atomic E-state index is 12.2. The van der Waals surface area contributed by atoms with E-state index in [9.17, 15) is 9.59 Å². The molecule has 0 aliphatic heterocycles. The molecule has 3 nitrogen and oxygen atoms in total. The van der Waals surface area contributed by atoms with Crippen LogP contribution in [0.2, 0.25) is 0 Å². The average Bonchev–Trinajstić information content (AvgIpc) is 2.76. The predicted octanol–water partition coefficient (Wildman–Crippen LogP) is 0.827. The molecule has 90 valence electrons. The molecule has 19 heavy (non-hydrogen) atoms. The molecule has 0 saturated carbocycles. The summed E-state index contributed by atoms with van der Waals surface area (Å²) in [6.07, 6.45) is 5.08. The Bertz CT molecular complexity index is 878. The predicted molar refractivity (Wildman–Crippen MR) is 70.9 cm³/mol. The standard InChI is InChI=1S/C16H9NO2/c18-11-5-10-8-17-13-6-9-3-1-2-4-12(9)16(13)15(10)14(19)7-11/h1-6,8H,7H2. The summed E-state index contributed by atoms with van der Waals surface area (Å²) in [5, 5.41) is 1.46. The van der Waals surface area contributed by atoms with Crippen LogP contribution >= 0.6 is 0 Å². The van der Waals surface area contributed by atoms with E-state index >= 15 is 0 Å². The molecule has 1 heterocycles. The zero-order chi connectivity index (χ0) is 13.0. The second-order valence-electron chi connectivity index (χ2n) is 4.79. The van der Waals surface area contributed by atoms with Crippen molar-refractivity contribution < 1.29 is 9.59 Å². The summed E-state index contributed by atoms with van der Waals surface area (Å²) < 4.78 is 0. The third-order valence-corrected chi connectivity index (χ3v) is 3.59. The number of aromatic nitrogens is 1. The maximum absolute atomic E-state index is 12.2. The summed E-state index contributed by atoms with van der Waals surface area (Å²) in [4.78, 5) is 28.0. The van der Waals surface area contributed by atoms with Crippen molar-refractivity contribution in [2.24, 2.45) is 0 Å². The summed E-state index contributed by atoms with van der Waals surface area (Å²) in [5.74, 6) is -0.249. The number of rotatable bonds is 0. The van der Waals surface area contributed by atoms with Gasteiger partial charge in [0, 0.05) is 22.5 Å². The number of carbonyl (C=O) groups is 2. The number of ketones is 2. The fraction of sp³-hybridized carbons (Fsp3) is 0.0625. The molecule has 2 aromatic rings. The van der Waals surface area contributed by atoms with Gasteiger partial charge in [0.15, 0.2) is 11.6 Å². The van der Waals surface area contributed by atoms with Crippen molar-refractivity contribution in [1.29, 1.82) is 0 Å². The number of nitrogens with zero attached hydrogens (tertiary/aromatic N) is 1. The van der Waals surface area contributed by atoms with Crippen LogP contribution in [0.1, 0.15) is 22.3 Å². The number of Topliss-reactive ketones (excluding diaryl/α,β-unsaturated/α-hetero) is 2. The van der Waals surface area contributed by atoms with Crippen molar-refractivity contribution in [3.05, 3.63) is 52.2 Å². The zero-order valence-electron chi connectivity index (χ0n) is 10.0. The molecule has 0 fully saturated rings. The Morgan fingerprint density at radius 1 is 1.00 bits per heavy atom. The van der Waals surface area contributed by atoms with Crippen molar-refractivity contribution >= 4 is 23.7 Å². The van der Waals surface area contributed by atoms with Crippen LogP contribution in [-0.4, -0.2) is 16.6 Å². The van der Waals surface area contributed by atoms with Crippen LogP contribution in [0.15, 0.2) is 30.5 Å². The van der Waals surface area contributed by atoms with Crippen LogP contribution < -0.4 is 10.6 Å². The molecule has 1 aromatic carbocycles. The lowest BCUT2D eigenvalue weighted by molar-refractivity contribution is -0.112. The minimum absolute atomic E-state index is 0.0361. The Morgan fingerprint density at radius 3 is 2.74 bits per heavy atom. The highest BCUT2D eigenvalue weighted by Gasteiger charge is 2.25. The van der Waals surface area contributed by atoms with Crippen molar-refractivity contribution in [2.75, 3.05) is 0 Å². The smallest absolute Gasteiger partial charge is 0.171 e. The average molecular weight is 247 g/mol. The molecule has 1 aromatic heterocycles. The van der Waals surface area contributed by atoms with E-state index in [1.807, 2.05) is 30.3 Å². The first-order valence-electron chi connectivity index (χ1n) is 6.12. The summed E-state index contributed by atoms with van der Waals surface area (Å²) in [7, 11) is 0. The maximum Gasteiger partial charge on any atom is 0.171 e. The molecule has 2 aliphatic carbocycles. The third-order valence-electron chi connectivity index (χ3n) is 3.59. The van der Waals surface area contributed by atoms with Crippen molar-refractivity contribution in [2.45, 2.75) is 6.42 Å². The van der Waals surface area contributed by atoms with Crippen LogP contribution in [0.4, 0.5) is 0 Å². The zero-order valence-corrected chi connectivity index (χ0v) is 10.0. The fourth-order valence-electron chi connectivity index (χ4n) is 2.80. The Hall–Kier alpha value is -2.55. The van der Waals surface area contributed by atoms with E-state index in [2.05, 4.69) is 4.98 Å². The first kappa shape index (κ1) is 10.4. The highest BCUT2D eigenvalue weighted by Crippen LogP contribution is 2.28. The van der Waals surface area contributed by atoms with Gasteiger partial charge in [-0.05, 0) is 23.3 Å². The van der Waals surface area contributed by atoms with Crippen LogP contribution in [-0.2, 0) is 4.79 Å². The molecule has 0 radical (unpaired) electrons. The quantitative estimate of drug-likeness (QED) is 0.553. The number of hydrogen-bond donors (Lipinski definition) is 0. The second-order valence-corrected chi connectivity index (χ2v) is 4.79. The third kappa shape index (κ3) is 1.35. The van der Waals surface area contributed by atoms with E-state index < -0.39 is 0 Å². The molecule has 4 rings (SSSR count). The lowest BCUT2D eigenvalue weighted by Gasteiger charge is -2.11. The first-order valence-corrected chi connectivity index (χ1v) is 6.12. The Kier molecular flexibility index (Phi) is 1.90. The molecule has 0 spiro atoms. The molecule has 3 heteroatoms. The molecular formula is C16H9NO2. The molecule has 0 atom stereocenters. The van der Waals surface area contributed by atoms with E-state index in [-0.39, 0.29) is 18.0 Å². The lowest BCUT2D eigenvalue weighted by atomic mass is 9.91. The van der Waals surface area contributed by atoms with Crippen LogP contribution in [0.5, 0.6) is 0 Å². The Labute approximate surface area is 108 Å². The largest absolute Gasteiger partial charge is 0.294 e. The van der Waals surface area contributed by atoms with E-state index in [0.717, 1.165) is 22.0 Å². The van der Waals surface area contributed by atoms with Gasteiger partial charge in [-0.1, -0.05) is 24.3 Å². The minimum atomic E-state index is -0.144. The first-order chi connectivity index (χ1) is 9.24. The topological polar surface area (TPSA) is 47.0 Å². The highest BCUT2D eigenvalue weighted by atomic mass is 16.1. The molecule has 2 aliphatic rings. The van der Waals surface area contributed by atoms with Crippen molar-refractivity contribution in [3.8, 4) is 11.1 Å². The van der Waals surface area contributed by atoms with Crippen molar-refractivity contribution in [1.82, 2.24) is 4.98 Å². The van der Waals surface area contributed by atoms with E-state index in [1.54, 1.807) is 6.20 Å². The molecule has 0 unspecified atom stereocenters. The molecule has 0 N–H and O–H groups in total. The summed E-state index contributed by atoms with van der Waals surface area (Å²) in [6, 6.07) is 7.91. The highest BCUT2D eigenvalue weighted by molar-refractivity contribution is 6.23. The number of pyridine rings is 1. The summed E-state index contributed by atoms with van der Waals surface area (Å²) in [5.41, 5.74) is 3.62. The number of fused-ring (bicyclic) bond motifs is 5. The van der Waals surface area contributed by atoms with Gasteiger partial charge in [0.2, 0.25) is 0 Å². The van der Waals surface area contributed by atoms with Crippen LogP contribution in [0.25, 0.3) is 23.3 Å². The number of hydrogen-bond acceptors (Lipinski definition) is 3. The fourth-order valence-corrected chi connectivity index (χ4v) is 2.80. The normalized spacial score (nSPS) is 15.2. The monoisotopic (exact) mass is 247 g/mol. The molecular weight excluding hydrogens is 238 g/mol. The van der Waals surface area contributed by atoms with Crippen LogP contribution in [0, 0.1) is 0 Å². The molecule has 0 saturated heterocycles. The van der Waals surface area contributed by atoms with Gasteiger partial charge in [-0.15, -0.1) is 0 Å². The van der Waals surface area contributed by atoms with E-state index in [0.29, 0.717) is 10.8 Å². The van der Waals surface area contributed by atoms with Gasteiger partial charge >= 0.3 is 0 Å². The van der Waals surface area contributed by atoms with Gasteiger partial charge in [-0.25, -0.2) is 0 Å². The lowest BCUT2D eigenvalue weighted by Crippen LogP contribution is -2.29. The van der Waals surface area contributed by atoms with Gasteiger partial charge in [0.05, 0.1) is 11.8 Å². The second kappa shape index (κ2) is 3.48. The number of benzene rings is 1. The van der Waals surface area contributed by atoms with Gasteiger partial charge in [-0.2, -0.15) is 0 Å². The SMILES string of the molecule is O=C1C=c2cnc3c(c2C(=O)C1)-c1ccccc1C=3. The van der Waals surface area contributed by atoms with Crippen LogP contribution in [0.3, 0.4) is 0 Å². The van der Waals surface area contributed by atoms with Gasteiger partial charge < -0.3 is 0 Å². The summed E-state index contributed by atoms with van der Waals surface area (Å²) >= 11 is 0. The van der Waals surface area contributed by atoms with Crippen molar-refractivity contribution in [3.63, 3.8) is 0 Å².